The first kappa shape index (κ1) is 15.4. The number of nitrogens with one attached hydrogen (secondary N) is 1. The van der Waals surface area contributed by atoms with E-state index in [1.54, 1.807) is 0 Å². The Kier molecular flexibility index (Phi) is 5.60. The molecule has 2 atom stereocenters. The zero-order chi connectivity index (χ0) is 13.8. The largest absolute Gasteiger partial charge is 0.468 e. The zero-order valence-corrected chi connectivity index (χ0v) is 12.5. The maximum absolute atomic E-state index is 12.0. The van der Waals surface area contributed by atoms with Crippen molar-refractivity contribution >= 4 is 5.97 Å². The molecule has 1 aliphatic heterocycles. The van der Waals surface area contributed by atoms with E-state index >= 15 is 0 Å². The summed E-state index contributed by atoms with van der Waals surface area (Å²) in [5.74, 6) is 0.613. The van der Waals surface area contributed by atoms with Crippen LogP contribution in [0, 0.1) is 5.92 Å². The Hall–Kier alpha value is -0.610. The van der Waals surface area contributed by atoms with Gasteiger partial charge in [-0.25, -0.2) is 0 Å². The molecule has 1 N–H and O–H groups in total. The predicted molar refractivity (Wildman–Crippen MR) is 73.5 cm³/mol. The number of ether oxygens (including phenoxy) is 1. The van der Waals surface area contributed by atoms with Crippen LogP contribution in [0.5, 0.6) is 0 Å². The van der Waals surface area contributed by atoms with Crippen LogP contribution in [0.2, 0.25) is 0 Å². The Bertz CT molecular complexity index is 281. The van der Waals surface area contributed by atoms with Crippen molar-refractivity contribution in [3.05, 3.63) is 0 Å². The van der Waals surface area contributed by atoms with Crippen LogP contribution in [0.4, 0.5) is 0 Å². The minimum absolute atomic E-state index is 0.170. The van der Waals surface area contributed by atoms with Crippen molar-refractivity contribution in [3.8, 4) is 0 Å². The predicted octanol–water partition coefficient (Wildman–Crippen LogP) is 1.65. The first-order valence-electron chi connectivity index (χ1n) is 6.99. The van der Waals surface area contributed by atoms with Crippen LogP contribution in [-0.2, 0) is 9.53 Å². The number of carbonyl (C=O) groups excluding carboxylic acids is 1. The Labute approximate surface area is 111 Å². The molecule has 1 fully saturated rings. The van der Waals surface area contributed by atoms with Crippen molar-refractivity contribution in [2.45, 2.75) is 52.1 Å². The first-order valence-corrected chi connectivity index (χ1v) is 6.99. The van der Waals surface area contributed by atoms with E-state index in [1.165, 1.54) is 20.0 Å². The third kappa shape index (κ3) is 3.95. The highest BCUT2D eigenvalue weighted by Crippen LogP contribution is 2.21. The lowest BCUT2D eigenvalue weighted by Crippen LogP contribution is -2.59. The lowest BCUT2D eigenvalue weighted by molar-refractivity contribution is -0.149. The van der Waals surface area contributed by atoms with Gasteiger partial charge in [0.25, 0.3) is 0 Å². The van der Waals surface area contributed by atoms with E-state index in [2.05, 4.69) is 31.0 Å². The smallest absolute Gasteiger partial charge is 0.327 e. The number of methoxy groups -OCH3 is 1. The van der Waals surface area contributed by atoms with Gasteiger partial charge in [-0.15, -0.1) is 0 Å². The van der Waals surface area contributed by atoms with E-state index in [0.29, 0.717) is 0 Å². The second-order valence-electron chi connectivity index (χ2n) is 5.92. The van der Waals surface area contributed by atoms with E-state index in [1.807, 2.05) is 6.92 Å². The van der Waals surface area contributed by atoms with Gasteiger partial charge in [-0.05, 0) is 39.7 Å². The molecule has 1 rings (SSSR count). The molecule has 4 nitrogen and oxygen atoms in total. The second-order valence-corrected chi connectivity index (χ2v) is 5.92. The third-order valence-electron chi connectivity index (χ3n) is 3.73. The lowest BCUT2D eigenvalue weighted by Gasteiger charge is -2.34. The molecule has 1 aliphatic rings. The van der Waals surface area contributed by atoms with Gasteiger partial charge in [0.05, 0.1) is 7.11 Å². The van der Waals surface area contributed by atoms with E-state index in [-0.39, 0.29) is 12.0 Å². The van der Waals surface area contributed by atoms with E-state index < -0.39 is 5.54 Å². The standard InChI is InChI=1S/C14H28N2O2/c1-6-12-7-8-16(9-12)10-14(4,13(17)18-5)15-11(2)3/h11-12,15H,6-10H2,1-5H3. The Morgan fingerprint density at radius 2 is 2.22 bits per heavy atom. The summed E-state index contributed by atoms with van der Waals surface area (Å²) in [5.41, 5.74) is -0.606. The fourth-order valence-corrected chi connectivity index (χ4v) is 2.87. The molecule has 1 heterocycles. The molecule has 0 aromatic carbocycles. The summed E-state index contributed by atoms with van der Waals surface area (Å²) in [7, 11) is 1.46. The molecule has 0 aliphatic carbocycles. The fraction of sp³-hybridized carbons (Fsp3) is 0.929. The molecule has 0 aromatic heterocycles. The van der Waals surface area contributed by atoms with E-state index in [4.69, 9.17) is 4.74 Å². The molecule has 106 valence electrons. The summed E-state index contributed by atoms with van der Waals surface area (Å²) in [6.45, 7) is 11.2. The average Bonchev–Trinajstić information content (AvgIpc) is 2.74. The van der Waals surface area contributed by atoms with Crippen molar-refractivity contribution in [1.82, 2.24) is 10.2 Å². The number of esters is 1. The van der Waals surface area contributed by atoms with Crippen molar-refractivity contribution < 1.29 is 9.53 Å². The van der Waals surface area contributed by atoms with Gasteiger partial charge in [-0.1, -0.05) is 13.3 Å². The van der Waals surface area contributed by atoms with Crippen LogP contribution < -0.4 is 5.32 Å². The monoisotopic (exact) mass is 256 g/mol. The second kappa shape index (κ2) is 6.53. The molecule has 1 saturated heterocycles. The third-order valence-corrected chi connectivity index (χ3v) is 3.73. The molecule has 0 spiro atoms. The van der Waals surface area contributed by atoms with Crippen molar-refractivity contribution in [3.63, 3.8) is 0 Å². The Morgan fingerprint density at radius 3 is 2.67 bits per heavy atom. The maximum atomic E-state index is 12.0. The summed E-state index contributed by atoms with van der Waals surface area (Å²) < 4.78 is 4.95. The van der Waals surface area contributed by atoms with Crippen LogP contribution in [0.25, 0.3) is 0 Å². The molecule has 18 heavy (non-hydrogen) atoms. The number of nitrogens with zero attached hydrogens (tertiary/aromatic N) is 1. The van der Waals surface area contributed by atoms with Crippen molar-refractivity contribution in [2.75, 3.05) is 26.7 Å². The molecule has 0 amide bonds. The van der Waals surface area contributed by atoms with Crippen molar-refractivity contribution in [1.29, 1.82) is 0 Å². The quantitative estimate of drug-likeness (QED) is 0.734. The van der Waals surface area contributed by atoms with Crippen molar-refractivity contribution in [2.24, 2.45) is 5.92 Å². The lowest BCUT2D eigenvalue weighted by atomic mass is 10.0. The van der Waals surface area contributed by atoms with Gasteiger partial charge < -0.3 is 9.64 Å². The highest BCUT2D eigenvalue weighted by Gasteiger charge is 2.38. The molecule has 4 heteroatoms. The molecular formula is C14H28N2O2. The number of carbonyl (C=O) groups is 1. The van der Waals surface area contributed by atoms with Crippen LogP contribution in [-0.4, -0.2) is 49.2 Å². The SMILES string of the molecule is CCC1CCN(CC(C)(NC(C)C)C(=O)OC)C1. The number of hydrogen-bond acceptors (Lipinski definition) is 4. The van der Waals surface area contributed by atoms with Gasteiger partial charge in [-0.2, -0.15) is 0 Å². The fourth-order valence-electron chi connectivity index (χ4n) is 2.87. The normalized spacial score (nSPS) is 24.2. The summed E-state index contributed by atoms with van der Waals surface area (Å²) in [6.07, 6.45) is 2.47. The van der Waals surface area contributed by atoms with Gasteiger partial charge in [0, 0.05) is 19.1 Å². The zero-order valence-electron chi connectivity index (χ0n) is 12.5. The first-order chi connectivity index (χ1) is 8.41. The Balaban J connectivity index is 2.64. The number of likely N-dealkylation sites (tertiary alicyclic amines) is 1. The molecule has 0 saturated carbocycles. The summed E-state index contributed by atoms with van der Waals surface area (Å²) in [6, 6.07) is 0.263. The van der Waals surface area contributed by atoms with Crippen LogP contribution in [0.1, 0.15) is 40.5 Å². The van der Waals surface area contributed by atoms with E-state index in [9.17, 15) is 4.79 Å². The number of hydrogen-bond donors (Lipinski definition) is 1. The number of rotatable bonds is 6. The van der Waals surface area contributed by atoms with Gasteiger partial charge in [0.15, 0.2) is 0 Å². The summed E-state index contributed by atoms with van der Waals surface area (Å²) in [4.78, 5) is 14.4. The topological polar surface area (TPSA) is 41.6 Å². The molecule has 2 unspecified atom stereocenters. The maximum Gasteiger partial charge on any atom is 0.327 e. The Morgan fingerprint density at radius 1 is 1.56 bits per heavy atom. The van der Waals surface area contributed by atoms with Gasteiger partial charge in [0.1, 0.15) is 5.54 Å². The van der Waals surface area contributed by atoms with Crippen LogP contribution >= 0.6 is 0 Å². The molecule has 0 aromatic rings. The highest BCUT2D eigenvalue weighted by molar-refractivity contribution is 5.80. The summed E-state index contributed by atoms with van der Waals surface area (Å²) >= 11 is 0. The van der Waals surface area contributed by atoms with Crippen LogP contribution in [0.15, 0.2) is 0 Å². The molecular weight excluding hydrogens is 228 g/mol. The minimum atomic E-state index is -0.606. The van der Waals surface area contributed by atoms with Gasteiger partial charge in [-0.3, -0.25) is 10.1 Å². The highest BCUT2D eigenvalue weighted by atomic mass is 16.5. The minimum Gasteiger partial charge on any atom is -0.468 e. The van der Waals surface area contributed by atoms with Gasteiger partial charge in [0.2, 0.25) is 0 Å². The van der Waals surface area contributed by atoms with Crippen LogP contribution in [0.3, 0.4) is 0 Å². The van der Waals surface area contributed by atoms with E-state index in [0.717, 1.165) is 25.6 Å². The van der Waals surface area contributed by atoms with Gasteiger partial charge >= 0.3 is 5.97 Å². The molecule has 0 radical (unpaired) electrons. The molecule has 0 bridgehead atoms. The average molecular weight is 256 g/mol. The summed E-state index contributed by atoms with van der Waals surface area (Å²) in [5, 5.41) is 3.35.